The molecule has 0 saturated carbocycles. The van der Waals surface area contributed by atoms with Crippen molar-refractivity contribution in [1.29, 1.82) is 0 Å². The van der Waals surface area contributed by atoms with Gasteiger partial charge in [0.1, 0.15) is 27.1 Å². The first-order valence-corrected chi connectivity index (χ1v) is 19.3. The maximum Gasteiger partial charge on any atom is 0.259 e. The van der Waals surface area contributed by atoms with Crippen molar-refractivity contribution >= 4 is 43.1 Å². The molecule has 5 heterocycles. The van der Waals surface area contributed by atoms with Gasteiger partial charge in [-0.15, -0.1) is 22.7 Å². The lowest BCUT2D eigenvalue weighted by atomic mass is 10.2. The number of H-pyrrole nitrogens is 2. The van der Waals surface area contributed by atoms with E-state index in [9.17, 15) is 14.7 Å². The molecule has 0 spiro atoms. The number of aliphatic hydroxyl groups excluding tert-OH is 1. The molecule has 3 N–H and O–H groups in total. The van der Waals surface area contributed by atoms with Crippen LogP contribution in [0.15, 0.2) is 62.7 Å². The Balaban J connectivity index is 0.985. The molecule has 266 valence electrons. The molecule has 6 aromatic rings. The average Bonchev–Trinajstić information content (AvgIpc) is 3.90. The Kier molecular flexibility index (Phi) is 9.75. The first-order valence-electron chi connectivity index (χ1n) is 17.7. The van der Waals surface area contributed by atoms with Crippen molar-refractivity contribution in [2.45, 2.75) is 90.4 Å². The molecule has 0 radical (unpaired) electrons. The van der Waals surface area contributed by atoms with E-state index in [1.54, 1.807) is 35.9 Å². The third-order valence-corrected chi connectivity index (χ3v) is 12.1. The first kappa shape index (κ1) is 34.1. The highest BCUT2D eigenvalue weighted by atomic mass is 32.1. The van der Waals surface area contributed by atoms with Crippen LogP contribution in [0, 0.1) is 0 Å². The standard InChI is InChI=1S/C38H42N6O5S2/c1-22(45)16-43(18-24-8-4-3-5-9-24)20-30-40-36(47)33-27-13-14-28(34(27)51-38(33)42-30)49-23(2)17-44(19-25-10-7-15-48-25)21-31-39-35(46)32-26-11-6-12-29(26)50-37(32)41-31/h3-5,7-10,15,22-23,28,45H,6,11-14,16-21H2,1-2H3,(H,39,41,46)(H,40,42,47). The van der Waals surface area contributed by atoms with E-state index in [0.29, 0.717) is 56.3 Å². The van der Waals surface area contributed by atoms with E-state index in [-0.39, 0.29) is 23.3 Å². The van der Waals surface area contributed by atoms with Crippen LogP contribution in [0.25, 0.3) is 20.4 Å². The van der Waals surface area contributed by atoms with Gasteiger partial charge >= 0.3 is 0 Å². The van der Waals surface area contributed by atoms with Gasteiger partial charge in [-0.25, -0.2) is 9.97 Å². The number of aryl methyl sites for hydroxylation is 3. The Hall–Kier alpha value is -3.98. The summed E-state index contributed by atoms with van der Waals surface area (Å²) in [6, 6.07) is 13.9. The van der Waals surface area contributed by atoms with Crippen molar-refractivity contribution in [3.8, 4) is 0 Å². The summed E-state index contributed by atoms with van der Waals surface area (Å²) in [6.07, 6.45) is 5.48. The quantitative estimate of drug-likeness (QED) is 0.126. The summed E-state index contributed by atoms with van der Waals surface area (Å²) < 4.78 is 12.4. The molecule has 11 nitrogen and oxygen atoms in total. The topological polar surface area (TPSA) is 141 Å². The van der Waals surface area contributed by atoms with Crippen LogP contribution in [0.5, 0.6) is 0 Å². The molecular formula is C38H42N6O5S2. The van der Waals surface area contributed by atoms with Gasteiger partial charge in [-0.05, 0) is 74.8 Å². The van der Waals surface area contributed by atoms with Crippen molar-refractivity contribution in [1.82, 2.24) is 29.7 Å². The van der Waals surface area contributed by atoms with Crippen molar-refractivity contribution in [3.63, 3.8) is 0 Å². The van der Waals surface area contributed by atoms with Crippen LogP contribution in [-0.2, 0) is 50.2 Å². The highest BCUT2D eigenvalue weighted by Gasteiger charge is 2.32. The zero-order chi connectivity index (χ0) is 35.1. The number of benzene rings is 1. The largest absolute Gasteiger partial charge is 0.468 e. The minimum Gasteiger partial charge on any atom is -0.468 e. The monoisotopic (exact) mass is 726 g/mol. The maximum atomic E-state index is 13.5. The number of aromatic nitrogens is 4. The van der Waals surface area contributed by atoms with Crippen LogP contribution >= 0.6 is 22.7 Å². The highest BCUT2D eigenvalue weighted by molar-refractivity contribution is 7.19. The molecule has 0 bridgehead atoms. The normalized spacial score (nSPS) is 16.8. The number of fused-ring (bicyclic) bond motifs is 6. The van der Waals surface area contributed by atoms with Crippen molar-refractivity contribution in [2.24, 2.45) is 0 Å². The molecular weight excluding hydrogens is 685 g/mol. The zero-order valence-corrected chi connectivity index (χ0v) is 30.4. The van der Waals surface area contributed by atoms with Gasteiger partial charge < -0.3 is 24.2 Å². The third kappa shape index (κ3) is 7.37. The number of nitrogens with zero attached hydrogens (tertiary/aromatic N) is 4. The van der Waals surface area contributed by atoms with Gasteiger partial charge in [0.15, 0.2) is 0 Å². The first-order chi connectivity index (χ1) is 24.8. The van der Waals surface area contributed by atoms with Gasteiger partial charge in [-0.3, -0.25) is 19.4 Å². The zero-order valence-electron chi connectivity index (χ0n) is 28.8. The van der Waals surface area contributed by atoms with Crippen LogP contribution in [0.1, 0.15) is 76.6 Å². The maximum absolute atomic E-state index is 13.5. The predicted octanol–water partition coefficient (Wildman–Crippen LogP) is 5.84. The van der Waals surface area contributed by atoms with E-state index in [1.165, 1.54) is 10.4 Å². The van der Waals surface area contributed by atoms with E-state index in [0.717, 1.165) is 68.9 Å². The van der Waals surface area contributed by atoms with Gasteiger partial charge in [0.25, 0.3) is 11.1 Å². The molecule has 1 aromatic carbocycles. The van der Waals surface area contributed by atoms with Crippen molar-refractivity contribution in [3.05, 3.63) is 113 Å². The van der Waals surface area contributed by atoms with Gasteiger partial charge in [-0.1, -0.05) is 30.3 Å². The van der Waals surface area contributed by atoms with Gasteiger partial charge in [0.2, 0.25) is 0 Å². The molecule has 3 unspecified atom stereocenters. The Morgan fingerprint density at radius 3 is 2.27 bits per heavy atom. The summed E-state index contributed by atoms with van der Waals surface area (Å²) in [5, 5.41) is 11.6. The SMILES string of the molecule is CC(O)CN(Cc1ccccc1)Cc1nc2sc3c(c2c(=O)[nH]1)CCC3OC(C)CN(Cc1nc2sc3c(c2c(=O)[nH]1)CCC3)Cc1ccco1. The number of aliphatic hydroxyl groups is 1. The summed E-state index contributed by atoms with van der Waals surface area (Å²) in [6.45, 7) is 6.91. The van der Waals surface area contributed by atoms with Crippen molar-refractivity contribution in [2.75, 3.05) is 13.1 Å². The average molecular weight is 727 g/mol. The van der Waals surface area contributed by atoms with E-state index < -0.39 is 6.10 Å². The van der Waals surface area contributed by atoms with E-state index in [4.69, 9.17) is 19.1 Å². The second-order valence-electron chi connectivity index (χ2n) is 13.9. The number of hydrogen-bond donors (Lipinski definition) is 3. The summed E-state index contributed by atoms with van der Waals surface area (Å²) in [7, 11) is 0. The Bertz CT molecular complexity index is 2260. The molecule has 2 aliphatic rings. The molecule has 5 aromatic heterocycles. The second-order valence-corrected chi connectivity index (χ2v) is 16.0. The van der Waals surface area contributed by atoms with E-state index in [2.05, 4.69) is 38.8 Å². The number of furan rings is 1. The molecule has 0 fully saturated rings. The molecule has 2 aliphatic carbocycles. The number of thiophene rings is 2. The molecule has 0 amide bonds. The minimum absolute atomic E-state index is 0.0569. The molecule has 0 aliphatic heterocycles. The molecule has 0 saturated heterocycles. The lowest BCUT2D eigenvalue weighted by molar-refractivity contribution is -0.0218. The number of nitrogens with one attached hydrogen (secondary N) is 2. The van der Waals surface area contributed by atoms with Crippen molar-refractivity contribution < 1.29 is 14.3 Å². The summed E-state index contributed by atoms with van der Waals surface area (Å²) in [5.74, 6) is 2.04. The summed E-state index contributed by atoms with van der Waals surface area (Å²) >= 11 is 3.20. The van der Waals surface area contributed by atoms with Crippen LogP contribution < -0.4 is 11.1 Å². The molecule has 3 atom stereocenters. The van der Waals surface area contributed by atoms with Crippen LogP contribution in [-0.4, -0.2) is 60.1 Å². The van der Waals surface area contributed by atoms with Crippen LogP contribution in [0.2, 0.25) is 0 Å². The van der Waals surface area contributed by atoms with Crippen LogP contribution in [0.4, 0.5) is 0 Å². The lowest BCUT2D eigenvalue weighted by Crippen LogP contribution is -2.33. The molecule has 8 rings (SSSR count). The van der Waals surface area contributed by atoms with E-state index >= 15 is 0 Å². The summed E-state index contributed by atoms with van der Waals surface area (Å²) in [5.41, 5.74) is 3.15. The Morgan fingerprint density at radius 2 is 1.57 bits per heavy atom. The van der Waals surface area contributed by atoms with Gasteiger partial charge in [0, 0.05) is 29.4 Å². The van der Waals surface area contributed by atoms with Gasteiger partial charge in [-0.2, -0.15) is 0 Å². The number of hydrogen-bond acceptors (Lipinski definition) is 11. The Morgan fingerprint density at radius 1 is 0.863 bits per heavy atom. The number of aromatic amines is 2. The predicted molar refractivity (Wildman–Crippen MR) is 199 cm³/mol. The van der Waals surface area contributed by atoms with E-state index in [1.807, 2.05) is 30.3 Å². The minimum atomic E-state index is -0.520. The fourth-order valence-electron chi connectivity index (χ4n) is 7.69. The fourth-order valence-corrected chi connectivity index (χ4v) is 10.3. The smallest absolute Gasteiger partial charge is 0.259 e. The molecule has 51 heavy (non-hydrogen) atoms. The van der Waals surface area contributed by atoms with Crippen LogP contribution in [0.3, 0.4) is 0 Å². The summed E-state index contributed by atoms with van der Waals surface area (Å²) in [4.78, 5) is 50.8. The third-order valence-electron chi connectivity index (χ3n) is 9.70. The lowest BCUT2D eigenvalue weighted by Gasteiger charge is -2.26. The molecule has 13 heteroatoms. The fraction of sp³-hybridized carbons (Fsp3) is 0.421. The Labute approximate surface area is 302 Å². The number of ether oxygens (including phenoxy) is 1. The second kappa shape index (κ2) is 14.6. The number of rotatable bonds is 14. The highest BCUT2D eigenvalue weighted by Crippen LogP contribution is 2.43. The van der Waals surface area contributed by atoms with Gasteiger partial charge in [0.05, 0.1) is 55.0 Å².